The molecule has 1 N–H and O–H groups in total. The first kappa shape index (κ1) is 15.3. The predicted octanol–water partition coefficient (Wildman–Crippen LogP) is 2.73. The second-order valence-electron chi connectivity index (χ2n) is 5.77. The summed E-state index contributed by atoms with van der Waals surface area (Å²) in [7, 11) is 0. The van der Waals surface area contributed by atoms with Gasteiger partial charge in [0, 0.05) is 6.07 Å². The molecule has 1 saturated heterocycles. The highest BCUT2D eigenvalue weighted by atomic mass is 16.5. The Morgan fingerprint density at radius 1 is 1.26 bits per heavy atom. The van der Waals surface area contributed by atoms with Gasteiger partial charge in [0.1, 0.15) is 17.0 Å². The molecule has 0 saturated carbocycles. The van der Waals surface area contributed by atoms with Gasteiger partial charge in [0.2, 0.25) is 0 Å². The number of aryl methyl sites for hydroxylation is 1. The summed E-state index contributed by atoms with van der Waals surface area (Å²) in [4.78, 5) is 26.6. The lowest BCUT2D eigenvalue weighted by atomic mass is 9.85. The van der Waals surface area contributed by atoms with Crippen molar-refractivity contribution in [2.24, 2.45) is 0 Å². The number of hydrogen-bond acceptors (Lipinski definition) is 4. The molecule has 23 heavy (non-hydrogen) atoms. The van der Waals surface area contributed by atoms with E-state index in [4.69, 9.17) is 4.52 Å². The number of urea groups is 1. The zero-order valence-electron chi connectivity index (χ0n) is 13.2. The van der Waals surface area contributed by atoms with Gasteiger partial charge in [-0.2, -0.15) is 0 Å². The number of carbonyl (C=O) groups is 2. The number of nitrogens with one attached hydrogen (secondary N) is 1. The Labute approximate surface area is 134 Å². The molecular formula is C17H19N3O3. The second kappa shape index (κ2) is 5.87. The molecule has 0 spiro atoms. The lowest BCUT2D eigenvalue weighted by Crippen LogP contribution is -2.43. The van der Waals surface area contributed by atoms with Crippen molar-refractivity contribution >= 4 is 11.9 Å². The Bertz CT molecular complexity index is 726. The first-order valence-corrected chi connectivity index (χ1v) is 7.68. The van der Waals surface area contributed by atoms with E-state index in [-0.39, 0.29) is 12.5 Å². The smallest absolute Gasteiger partial charge is 0.325 e. The standard InChI is InChI=1S/C17H19N3O3/c1-3-9-17(13-7-5-4-6-8-13)15(21)20(16(22)18-17)11-14-10-12(2)23-19-14/h4-8,10H,3,9,11H2,1-2H3,(H,18,22). The van der Waals surface area contributed by atoms with Gasteiger partial charge in [0.05, 0.1) is 6.54 Å². The largest absolute Gasteiger partial charge is 0.361 e. The molecule has 120 valence electrons. The van der Waals surface area contributed by atoms with E-state index in [2.05, 4.69) is 10.5 Å². The summed E-state index contributed by atoms with van der Waals surface area (Å²) in [5, 5.41) is 6.76. The zero-order chi connectivity index (χ0) is 16.4. The fourth-order valence-corrected chi connectivity index (χ4v) is 3.03. The van der Waals surface area contributed by atoms with E-state index in [0.717, 1.165) is 12.0 Å². The van der Waals surface area contributed by atoms with Gasteiger partial charge in [0.25, 0.3) is 5.91 Å². The van der Waals surface area contributed by atoms with E-state index in [1.165, 1.54) is 4.90 Å². The number of nitrogens with zero attached hydrogens (tertiary/aromatic N) is 2. The van der Waals surface area contributed by atoms with Crippen LogP contribution in [-0.4, -0.2) is 22.0 Å². The van der Waals surface area contributed by atoms with Crippen LogP contribution in [0.5, 0.6) is 0 Å². The Hall–Kier alpha value is -2.63. The highest BCUT2D eigenvalue weighted by molar-refractivity contribution is 6.07. The van der Waals surface area contributed by atoms with Gasteiger partial charge in [-0.15, -0.1) is 0 Å². The van der Waals surface area contributed by atoms with Crippen LogP contribution in [0.15, 0.2) is 40.9 Å². The van der Waals surface area contributed by atoms with E-state index >= 15 is 0 Å². The van der Waals surface area contributed by atoms with Gasteiger partial charge in [0.15, 0.2) is 0 Å². The van der Waals surface area contributed by atoms with Crippen LogP contribution in [0, 0.1) is 6.92 Å². The normalized spacial score (nSPS) is 20.9. The SMILES string of the molecule is CCCC1(c2ccccc2)NC(=O)N(Cc2cc(C)on2)C1=O. The van der Waals surface area contributed by atoms with E-state index in [1.54, 1.807) is 13.0 Å². The second-order valence-corrected chi connectivity index (χ2v) is 5.77. The molecule has 2 heterocycles. The van der Waals surface area contributed by atoms with Crippen molar-refractivity contribution in [1.29, 1.82) is 0 Å². The minimum absolute atomic E-state index is 0.111. The van der Waals surface area contributed by atoms with Crippen LogP contribution in [0.4, 0.5) is 4.79 Å². The summed E-state index contributed by atoms with van der Waals surface area (Å²) in [5.41, 5.74) is 0.372. The fourth-order valence-electron chi connectivity index (χ4n) is 3.03. The molecule has 6 nitrogen and oxygen atoms in total. The van der Waals surface area contributed by atoms with Crippen molar-refractivity contribution < 1.29 is 14.1 Å². The molecule has 2 aromatic rings. The van der Waals surface area contributed by atoms with E-state index in [1.807, 2.05) is 37.3 Å². The van der Waals surface area contributed by atoms with Crippen molar-refractivity contribution in [3.63, 3.8) is 0 Å². The van der Waals surface area contributed by atoms with Crippen LogP contribution in [0.2, 0.25) is 0 Å². The van der Waals surface area contributed by atoms with Crippen molar-refractivity contribution in [2.75, 3.05) is 0 Å². The number of imide groups is 1. The maximum absolute atomic E-state index is 13.0. The molecule has 1 aromatic heterocycles. The molecule has 1 atom stereocenters. The Balaban J connectivity index is 1.94. The average Bonchev–Trinajstić information content (AvgIpc) is 3.06. The summed E-state index contributed by atoms with van der Waals surface area (Å²) in [5.74, 6) is 0.408. The first-order valence-electron chi connectivity index (χ1n) is 7.68. The molecule has 0 bridgehead atoms. The summed E-state index contributed by atoms with van der Waals surface area (Å²) < 4.78 is 5.01. The number of rotatable bonds is 5. The zero-order valence-corrected chi connectivity index (χ0v) is 13.2. The van der Waals surface area contributed by atoms with Gasteiger partial charge in [-0.25, -0.2) is 4.79 Å². The van der Waals surface area contributed by atoms with Crippen molar-refractivity contribution in [3.8, 4) is 0 Å². The van der Waals surface area contributed by atoms with Crippen molar-refractivity contribution in [3.05, 3.63) is 53.4 Å². The third kappa shape index (κ3) is 2.60. The summed E-state index contributed by atoms with van der Waals surface area (Å²) in [6.45, 7) is 3.88. The van der Waals surface area contributed by atoms with E-state index < -0.39 is 11.6 Å². The lowest BCUT2D eigenvalue weighted by Gasteiger charge is -2.26. The van der Waals surface area contributed by atoms with Crippen molar-refractivity contribution in [1.82, 2.24) is 15.4 Å². The van der Waals surface area contributed by atoms with Crippen LogP contribution < -0.4 is 5.32 Å². The maximum Gasteiger partial charge on any atom is 0.325 e. The van der Waals surface area contributed by atoms with Gasteiger partial charge < -0.3 is 9.84 Å². The summed E-state index contributed by atoms with van der Waals surface area (Å²) >= 11 is 0. The maximum atomic E-state index is 13.0. The Morgan fingerprint density at radius 3 is 2.61 bits per heavy atom. The average molecular weight is 313 g/mol. The monoisotopic (exact) mass is 313 g/mol. The van der Waals surface area contributed by atoms with Crippen LogP contribution in [0.3, 0.4) is 0 Å². The number of aromatic nitrogens is 1. The lowest BCUT2D eigenvalue weighted by molar-refractivity contribution is -0.132. The number of benzene rings is 1. The minimum atomic E-state index is -0.994. The Morgan fingerprint density at radius 2 is 2.00 bits per heavy atom. The minimum Gasteiger partial charge on any atom is -0.361 e. The molecule has 6 heteroatoms. The molecule has 1 unspecified atom stereocenters. The molecule has 1 fully saturated rings. The molecule has 1 aliphatic heterocycles. The summed E-state index contributed by atoms with van der Waals surface area (Å²) in [6, 6.07) is 10.7. The molecule has 3 amide bonds. The number of amides is 3. The number of carbonyl (C=O) groups excluding carboxylic acids is 2. The van der Waals surface area contributed by atoms with Crippen LogP contribution in [0.1, 0.15) is 36.8 Å². The highest BCUT2D eigenvalue weighted by Gasteiger charge is 2.51. The molecule has 0 aliphatic carbocycles. The van der Waals surface area contributed by atoms with Crippen LogP contribution in [-0.2, 0) is 16.9 Å². The highest BCUT2D eigenvalue weighted by Crippen LogP contribution is 2.34. The van der Waals surface area contributed by atoms with Gasteiger partial charge in [-0.1, -0.05) is 48.8 Å². The fraction of sp³-hybridized carbons (Fsp3) is 0.353. The third-order valence-electron chi connectivity index (χ3n) is 4.06. The molecule has 1 aromatic carbocycles. The van der Waals surface area contributed by atoms with Gasteiger partial charge >= 0.3 is 6.03 Å². The number of hydrogen-bond donors (Lipinski definition) is 1. The van der Waals surface area contributed by atoms with Crippen LogP contribution >= 0.6 is 0 Å². The molecule has 0 radical (unpaired) electrons. The molecular weight excluding hydrogens is 294 g/mol. The summed E-state index contributed by atoms with van der Waals surface area (Å²) in [6.07, 6.45) is 1.33. The third-order valence-corrected chi connectivity index (χ3v) is 4.06. The Kier molecular flexibility index (Phi) is 3.90. The first-order chi connectivity index (χ1) is 11.1. The van der Waals surface area contributed by atoms with Crippen molar-refractivity contribution in [2.45, 2.75) is 38.8 Å². The van der Waals surface area contributed by atoms with Gasteiger partial charge in [-0.05, 0) is 18.9 Å². The molecule has 1 aliphatic rings. The van der Waals surface area contributed by atoms with Crippen LogP contribution in [0.25, 0.3) is 0 Å². The van der Waals surface area contributed by atoms with E-state index in [0.29, 0.717) is 17.9 Å². The van der Waals surface area contributed by atoms with E-state index in [9.17, 15) is 9.59 Å². The topological polar surface area (TPSA) is 75.4 Å². The quantitative estimate of drug-likeness (QED) is 0.861. The molecule has 3 rings (SSSR count). The predicted molar refractivity (Wildman–Crippen MR) is 83.3 cm³/mol. The van der Waals surface area contributed by atoms with Gasteiger partial charge in [-0.3, -0.25) is 9.69 Å².